The average Bonchev–Trinajstić information content (AvgIpc) is 2.23. The summed E-state index contributed by atoms with van der Waals surface area (Å²) < 4.78 is 29.6. The molecule has 0 bridgehead atoms. The smallest absolute Gasteiger partial charge is 0.317 e. The highest BCUT2D eigenvalue weighted by molar-refractivity contribution is 5.72. The van der Waals surface area contributed by atoms with Crippen LogP contribution in [0.5, 0.6) is 0 Å². The zero-order valence-electron chi connectivity index (χ0n) is 8.01. The Balaban J connectivity index is 2.72. The van der Waals surface area contributed by atoms with Crippen molar-refractivity contribution in [2.75, 3.05) is 7.11 Å². The zero-order valence-corrected chi connectivity index (χ0v) is 8.01. The van der Waals surface area contributed by atoms with Crippen LogP contribution in [0.25, 0.3) is 0 Å². The van der Waals surface area contributed by atoms with Gasteiger partial charge < -0.3 is 4.74 Å². The summed E-state index contributed by atoms with van der Waals surface area (Å²) in [6.07, 6.45) is -0.0739. The fraction of sp³-hybridized carbons (Fsp3) is 0.182. The molecule has 0 aliphatic rings. The molecule has 0 atom stereocenters. The summed E-state index contributed by atoms with van der Waals surface area (Å²) in [4.78, 5) is 10.7. The highest BCUT2D eigenvalue weighted by Crippen LogP contribution is 2.07. The second-order valence-electron chi connectivity index (χ2n) is 2.68. The first kappa shape index (κ1) is 11.2. The molecule has 0 heterocycles. The van der Waals surface area contributed by atoms with Gasteiger partial charge >= 0.3 is 5.97 Å². The fourth-order valence-corrected chi connectivity index (χ4v) is 0.864. The first-order valence-corrected chi connectivity index (χ1v) is 4.14. The number of ether oxygens (including phenoxy) is 1. The molecule has 0 spiro atoms. The van der Waals surface area contributed by atoms with Crippen LogP contribution >= 0.6 is 0 Å². The molecule has 0 saturated carbocycles. The Hall–Kier alpha value is -1.89. The molecule has 0 amide bonds. The molecule has 1 rings (SSSR count). The van der Waals surface area contributed by atoms with Crippen molar-refractivity contribution in [3.63, 3.8) is 0 Å². The quantitative estimate of drug-likeness (QED) is 0.522. The van der Waals surface area contributed by atoms with Gasteiger partial charge in [0.15, 0.2) is 11.6 Å². The Bertz CT molecular complexity index is 430. The molecule has 0 N–H and O–H groups in total. The van der Waals surface area contributed by atoms with Crippen molar-refractivity contribution in [3.05, 3.63) is 35.4 Å². The van der Waals surface area contributed by atoms with Gasteiger partial charge in [-0.1, -0.05) is 11.8 Å². The van der Waals surface area contributed by atoms with E-state index in [1.807, 2.05) is 0 Å². The molecule has 2 nitrogen and oxygen atoms in total. The van der Waals surface area contributed by atoms with Crippen molar-refractivity contribution in [1.29, 1.82) is 0 Å². The van der Waals surface area contributed by atoms with E-state index in [1.54, 1.807) is 0 Å². The minimum atomic E-state index is -0.958. The maximum absolute atomic E-state index is 12.7. The Kier molecular flexibility index (Phi) is 3.81. The van der Waals surface area contributed by atoms with Crippen LogP contribution in [0, 0.1) is 23.5 Å². The van der Waals surface area contributed by atoms with Gasteiger partial charge in [-0.15, -0.1) is 0 Å². The van der Waals surface area contributed by atoms with Crippen LogP contribution in [-0.4, -0.2) is 13.1 Å². The Labute approximate surface area is 85.9 Å². The van der Waals surface area contributed by atoms with E-state index in [0.717, 1.165) is 12.1 Å². The second kappa shape index (κ2) is 5.11. The van der Waals surface area contributed by atoms with Crippen LogP contribution in [0.2, 0.25) is 0 Å². The minimum Gasteiger partial charge on any atom is -0.468 e. The third-order valence-corrected chi connectivity index (χ3v) is 1.61. The van der Waals surface area contributed by atoms with E-state index in [0.29, 0.717) is 5.56 Å². The lowest BCUT2D eigenvalue weighted by Crippen LogP contribution is -1.97. The summed E-state index contributed by atoms with van der Waals surface area (Å²) in [7, 11) is 1.25. The van der Waals surface area contributed by atoms with Gasteiger partial charge in [-0.25, -0.2) is 8.78 Å². The number of benzene rings is 1. The molecule has 1 aromatic rings. The molecule has 0 aliphatic carbocycles. The van der Waals surface area contributed by atoms with Crippen LogP contribution in [0.4, 0.5) is 8.78 Å². The van der Waals surface area contributed by atoms with Crippen LogP contribution in [0.3, 0.4) is 0 Å². The Morgan fingerprint density at radius 3 is 2.73 bits per heavy atom. The third-order valence-electron chi connectivity index (χ3n) is 1.61. The van der Waals surface area contributed by atoms with E-state index in [1.165, 1.54) is 13.2 Å². The SMILES string of the molecule is COC(=O)CC#Cc1ccc(F)c(F)c1. The molecule has 0 fully saturated rings. The lowest BCUT2D eigenvalue weighted by molar-refractivity contribution is -0.139. The lowest BCUT2D eigenvalue weighted by atomic mass is 10.2. The molecule has 0 radical (unpaired) electrons. The van der Waals surface area contributed by atoms with E-state index in [2.05, 4.69) is 16.6 Å². The predicted molar refractivity (Wildman–Crippen MR) is 49.9 cm³/mol. The maximum Gasteiger partial charge on any atom is 0.317 e. The highest BCUT2D eigenvalue weighted by atomic mass is 19.2. The van der Waals surface area contributed by atoms with Gasteiger partial charge in [0.1, 0.15) is 6.42 Å². The fourth-order valence-electron chi connectivity index (χ4n) is 0.864. The van der Waals surface area contributed by atoms with E-state index >= 15 is 0 Å². The third kappa shape index (κ3) is 3.39. The molecular weight excluding hydrogens is 202 g/mol. The predicted octanol–water partition coefficient (Wildman–Crippen LogP) is 1.88. The van der Waals surface area contributed by atoms with Crippen molar-refractivity contribution < 1.29 is 18.3 Å². The molecule has 0 saturated heterocycles. The number of carbonyl (C=O) groups excluding carboxylic acids is 1. The number of rotatable bonds is 1. The molecule has 0 aromatic heterocycles. The first-order valence-electron chi connectivity index (χ1n) is 4.14. The van der Waals surface area contributed by atoms with Crippen molar-refractivity contribution in [3.8, 4) is 11.8 Å². The van der Waals surface area contributed by atoms with Crippen LogP contribution in [0.1, 0.15) is 12.0 Å². The molecule has 0 aliphatic heterocycles. The van der Waals surface area contributed by atoms with Gasteiger partial charge in [-0.3, -0.25) is 4.79 Å². The topological polar surface area (TPSA) is 26.3 Å². The van der Waals surface area contributed by atoms with Crippen molar-refractivity contribution in [2.45, 2.75) is 6.42 Å². The molecule has 15 heavy (non-hydrogen) atoms. The summed E-state index contributed by atoms with van der Waals surface area (Å²) in [5.41, 5.74) is 0.317. The maximum atomic E-state index is 12.7. The molecule has 78 valence electrons. The normalized spacial score (nSPS) is 9.00. The van der Waals surface area contributed by atoms with Gasteiger partial charge in [0.05, 0.1) is 7.11 Å². The summed E-state index contributed by atoms with van der Waals surface area (Å²) in [6, 6.07) is 3.29. The van der Waals surface area contributed by atoms with Crippen LogP contribution in [-0.2, 0) is 9.53 Å². The second-order valence-corrected chi connectivity index (χ2v) is 2.68. The molecule has 1 aromatic carbocycles. The minimum absolute atomic E-state index is 0.0739. The number of methoxy groups -OCH3 is 1. The van der Waals surface area contributed by atoms with Gasteiger partial charge in [-0.2, -0.15) is 0 Å². The lowest BCUT2D eigenvalue weighted by Gasteiger charge is -1.93. The standard InChI is InChI=1S/C11H8F2O2/c1-15-11(14)4-2-3-8-5-6-9(12)10(13)7-8/h5-7H,4H2,1H3. The summed E-state index contributed by atoms with van der Waals surface area (Å²) >= 11 is 0. The monoisotopic (exact) mass is 210 g/mol. The zero-order chi connectivity index (χ0) is 11.3. The van der Waals surface area contributed by atoms with Gasteiger partial charge in [0, 0.05) is 5.56 Å². The number of esters is 1. The summed E-state index contributed by atoms with van der Waals surface area (Å²) in [6.45, 7) is 0. The van der Waals surface area contributed by atoms with Crippen LogP contribution < -0.4 is 0 Å². The summed E-state index contributed by atoms with van der Waals surface area (Å²) in [5, 5.41) is 0. The highest BCUT2D eigenvalue weighted by Gasteiger charge is 2.00. The summed E-state index contributed by atoms with van der Waals surface area (Å²) in [5.74, 6) is 2.66. The molecule has 4 heteroatoms. The Morgan fingerprint density at radius 1 is 1.40 bits per heavy atom. The first-order chi connectivity index (χ1) is 7.13. The Morgan fingerprint density at radius 2 is 2.13 bits per heavy atom. The molecule has 0 unspecified atom stereocenters. The van der Waals surface area contributed by atoms with Crippen molar-refractivity contribution in [2.24, 2.45) is 0 Å². The van der Waals surface area contributed by atoms with E-state index in [4.69, 9.17) is 0 Å². The number of hydrogen-bond acceptors (Lipinski definition) is 2. The van der Waals surface area contributed by atoms with E-state index < -0.39 is 17.6 Å². The van der Waals surface area contributed by atoms with E-state index in [-0.39, 0.29) is 6.42 Å². The number of carbonyl (C=O) groups is 1. The molecular formula is C11H8F2O2. The van der Waals surface area contributed by atoms with Gasteiger partial charge in [0.2, 0.25) is 0 Å². The van der Waals surface area contributed by atoms with Gasteiger partial charge in [0.25, 0.3) is 0 Å². The van der Waals surface area contributed by atoms with Crippen LogP contribution in [0.15, 0.2) is 18.2 Å². The van der Waals surface area contributed by atoms with Gasteiger partial charge in [-0.05, 0) is 18.2 Å². The largest absolute Gasteiger partial charge is 0.468 e. The average molecular weight is 210 g/mol. The number of hydrogen-bond donors (Lipinski definition) is 0. The van der Waals surface area contributed by atoms with Crippen molar-refractivity contribution in [1.82, 2.24) is 0 Å². The van der Waals surface area contributed by atoms with E-state index in [9.17, 15) is 13.6 Å². The van der Waals surface area contributed by atoms with Crippen molar-refractivity contribution >= 4 is 5.97 Å². The number of halogens is 2.